The highest BCUT2D eigenvalue weighted by atomic mass is 16.6. The lowest BCUT2D eigenvalue weighted by Crippen LogP contribution is -2.52. The maximum absolute atomic E-state index is 12.4. The molecule has 0 bridgehead atoms. The lowest BCUT2D eigenvalue weighted by molar-refractivity contribution is -0.384. The smallest absolute Gasteiger partial charge is 0.293 e. The Morgan fingerprint density at radius 3 is 2.42 bits per heavy atom. The van der Waals surface area contributed by atoms with Crippen molar-refractivity contribution in [1.82, 2.24) is 15.3 Å². The molecule has 2 heterocycles. The zero-order chi connectivity index (χ0) is 17.1. The third-order valence-electron chi connectivity index (χ3n) is 4.64. The van der Waals surface area contributed by atoms with Gasteiger partial charge in [0.25, 0.3) is 11.6 Å². The number of nitro benzene ring substituents is 1. The number of rotatable bonds is 4. The van der Waals surface area contributed by atoms with Gasteiger partial charge in [0.1, 0.15) is 5.69 Å². The Hall–Kier alpha value is -2.19. The standard InChI is InChI=1S/C16H23N5O3/c1-18-8-10-20(11-9-18)17-16(22)13-4-5-14(15(12-13)21(23)24)19-6-2-3-7-19/h4-5,12H,2-3,6-11H2,1H3,(H,17,22). The molecule has 3 rings (SSSR count). The molecule has 0 radical (unpaired) electrons. The molecule has 8 heteroatoms. The highest BCUT2D eigenvalue weighted by Gasteiger charge is 2.24. The van der Waals surface area contributed by atoms with Gasteiger partial charge in [0, 0.05) is 50.9 Å². The Morgan fingerprint density at radius 1 is 1.12 bits per heavy atom. The molecule has 8 nitrogen and oxygen atoms in total. The topological polar surface area (TPSA) is 82.0 Å². The van der Waals surface area contributed by atoms with Gasteiger partial charge in [-0.25, -0.2) is 5.01 Å². The van der Waals surface area contributed by atoms with Crippen LogP contribution in [0.2, 0.25) is 0 Å². The van der Waals surface area contributed by atoms with E-state index in [1.807, 2.05) is 17.0 Å². The van der Waals surface area contributed by atoms with E-state index in [4.69, 9.17) is 0 Å². The number of benzene rings is 1. The maximum Gasteiger partial charge on any atom is 0.293 e. The summed E-state index contributed by atoms with van der Waals surface area (Å²) >= 11 is 0. The largest absolute Gasteiger partial charge is 0.366 e. The van der Waals surface area contributed by atoms with Gasteiger partial charge in [0.05, 0.1) is 4.92 Å². The van der Waals surface area contributed by atoms with Gasteiger partial charge in [-0.1, -0.05) is 0 Å². The number of nitrogens with zero attached hydrogens (tertiary/aromatic N) is 4. The highest BCUT2D eigenvalue weighted by molar-refractivity contribution is 5.95. The average Bonchev–Trinajstić information content (AvgIpc) is 3.10. The summed E-state index contributed by atoms with van der Waals surface area (Å²) in [5.74, 6) is -0.296. The first-order valence-corrected chi connectivity index (χ1v) is 8.32. The first-order valence-electron chi connectivity index (χ1n) is 8.32. The number of carbonyl (C=O) groups excluding carboxylic acids is 1. The van der Waals surface area contributed by atoms with Gasteiger partial charge in [0.15, 0.2) is 0 Å². The molecule has 0 aromatic heterocycles. The number of amides is 1. The summed E-state index contributed by atoms with van der Waals surface area (Å²) in [7, 11) is 2.04. The predicted molar refractivity (Wildman–Crippen MR) is 91.1 cm³/mol. The van der Waals surface area contributed by atoms with E-state index in [1.54, 1.807) is 12.1 Å². The fraction of sp³-hybridized carbons (Fsp3) is 0.562. The molecule has 24 heavy (non-hydrogen) atoms. The van der Waals surface area contributed by atoms with Crippen LogP contribution in [0.15, 0.2) is 18.2 Å². The van der Waals surface area contributed by atoms with Crippen LogP contribution in [0.3, 0.4) is 0 Å². The van der Waals surface area contributed by atoms with Crippen LogP contribution < -0.4 is 10.3 Å². The minimum atomic E-state index is -0.402. The molecule has 0 spiro atoms. The molecular formula is C16H23N5O3. The van der Waals surface area contributed by atoms with Crippen molar-refractivity contribution in [1.29, 1.82) is 0 Å². The summed E-state index contributed by atoms with van der Waals surface area (Å²) in [6.07, 6.45) is 2.09. The molecule has 0 aliphatic carbocycles. The van der Waals surface area contributed by atoms with Gasteiger partial charge in [0.2, 0.25) is 0 Å². The van der Waals surface area contributed by atoms with Gasteiger partial charge >= 0.3 is 0 Å². The minimum Gasteiger partial charge on any atom is -0.366 e. The average molecular weight is 333 g/mol. The van der Waals surface area contributed by atoms with Crippen molar-refractivity contribution in [3.05, 3.63) is 33.9 Å². The molecule has 0 unspecified atom stereocenters. The fourth-order valence-electron chi connectivity index (χ4n) is 3.16. The molecule has 1 N–H and O–H groups in total. The molecule has 1 aromatic carbocycles. The van der Waals surface area contributed by atoms with E-state index in [9.17, 15) is 14.9 Å². The Bertz CT molecular complexity index is 622. The molecule has 0 saturated carbocycles. The van der Waals surface area contributed by atoms with Crippen LogP contribution in [0.1, 0.15) is 23.2 Å². The van der Waals surface area contributed by atoms with E-state index in [1.165, 1.54) is 6.07 Å². The summed E-state index contributed by atoms with van der Waals surface area (Å²) in [6.45, 7) is 4.91. The Balaban J connectivity index is 1.74. The third-order valence-corrected chi connectivity index (χ3v) is 4.64. The summed E-state index contributed by atoms with van der Waals surface area (Å²) in [5.41, 5.74) is 3.77. The van der Waals surface area contributed by atoms with Crippen LogP contribution >= 0.6 is 0 Å². The number of likely N-dealkylation sites (N-methyl/N-ethyl adjacent to an activating group) is 1. The molecule has 1 amide bonds. The van der Waals surface area contributed by atoms with Gasteiger partial charge in [-0.15, -0.1) is 0 Å². The first-order chi connectivity index (χ1) is 11.5. The molecule has 130 valence electrons. The summed E-state index contributed by atoms with van der Waals surface area (Å²) < 4.78 is 0. The summed E-state index contributed by atoms with van der Waals surface area (Å²) in [6, 6.07) is 4.76. The van der Waals surface area contributed by atoms with Crippen LogP contribution in [0, 0.1) is 10.1 Å². The molecule has 2 aliphatic rings. The summed E-state index contributed by atoms with van der Waals surface area (Å²) in [4.78, 5) is 27.6. The van der Waals surface area contributed by atoms with E-state index in [0.717, 1.165) is 52.1 Å². The van der Waals surface area contributed by atoms with Gasteiger partial charge in [-0.3, -0.25) is 20.3 Å². The number of hydrazine groups is 1. The molecule has 0 atom stereocenters. The molecule has 1 aromatic rings. The number of nitro groups is 1. The number of piperazine rings is 1. The van der Waals surface area contributed by atoms with Crippen LogP contribution in [0.25, 0.3) is 0 Å². The predicted octanol–water partition coefficient (Wildman–Crippen LogP) is 1.09. The van der Waals surface area contributed by atoms with Crippen LogP contribution in [-0.2, 0) is 0 Å². The van der Waals surface area contributed by atoms with Crippen molar-refractivity contribution in [2.45, 2.75) is 12.8 Å². The van der Waals surface area contributed by atoms with Crippen molar-refractivity contribution < 1.29 is 9.72 Å². The second kappa shape index (κ2) is 7.14. The SMILES string of the molecule is CN1CCN(NC(=O)c2ccc(N3CCCC3)c([N+](=O)[O-])c2)CC1. The van der Waals surface area contributed by atoms with Crippen molar-refractivity contribution in [2.75, 3.05) is 51.2 Å². The number of nitrogens with one attached hydrogen (secondary N) is 1. The van der Waals surface area contributed by atoms with Crippen LogP contribution in [0.5, 0.6) is 0 Å². The number of hydrogen-bond donors (Lipinski definition) is 1. The van der Waals surface area contributed by atoms with Crippen molar-refractivity contribution in [3.8, 4) is 0 Å². The Kier molecular flexibility index (Phi) is 4.96. The second-order valence-electron chi connectivity index (χ2n) is 6.39. The normalized spacial score (nSPS) is 19.5. The van der Waals surface area contributed by atoms with E-state index < -0.39 is 4.92 Å². The van der Waals surface area contributed by atoms with Crippen molar-refractivity contribution in [3.63, 3.8) is 0 Å². The van der Waals surface area contributed by atoms with E-state index in [0.29, 0.717) is 11.3 Å². The first kappa shape index (κ1) is 16.7. The Labute approximate surface area is 141 Å². The van der Waals surface area contributed by atoms with E-state index in [-0.39, 0.29) is 11.6 Å². The monoisotopic (exact) mass is 333 g/mol. The van der Waals surface area contributed by atoms with Crippen molar-refractivity contribution >= 4 is 17.3 Å². The van der Waals surface area contributed by atoms with Crippen molar-refractivity contribution in [2.24, 2.45) is 0 Å². The van der Waals surface area contributed by atoms with E-state index >= 15 is 0 Å². The number of anilines is 1. The van der Waals surface area contributed by atoms with Gasteiger partial charge in [-0.05, 0) is 32.0 Å². The fourth-order valence-corrected chi connectivity index (χ4v) is 3.16. The maximum atomic E-state index is 12.4. The zero-order valence-electron chi connectivity index (χ0n) is 13.9. The molecule has 2 aliphatic heterocycles. The van der Waals surface area contributed by atoms with Crippen LogP contribution in [0.4, 0.5) is 11.4 Å². The quantitative estimate of drug-likeness (QED) is 0.656. The van der Waals surface area contributed by atoms with Gasteiger partial charge < -0.3 is 9.80 Å². The second-order valence-corrected chi connectivity index (χ2v) is 6.39. The molecule has 2 fully saturated rings. The Morgan fingerprint density at radius 2 is 1.79 bits per heavy atom. The number of hydrogen-bond acceptors (Lipinski definition) is 6. The lowest BCUT2D eigenvalue weighted by Gasteiger charge is -2.32. The number of carbonyl (C=O) groups is 1. The molecular weight excluding hydrogens is 310 g/mol. The van der Waals surface area contributed by atoms with E-state index in [2.05, 4.69) is 10.3 Å². The summed E-state index contributed by atoms with van der Waals surface area (Å²) in [5, 5.41) is 13.3. The van der Waals surface area contributed by atoms with Crippen LogP contribution in [-0.4, -0.2) is 67.1 Å². The highest BCUT2D eigenvalue weighted by Crippen LogP contribution is 2.31. The molecule has 2 saturated heterocycles. The third kappa shape index (κ3) is 3.65. The minimum absolute atomic E-state index is 0.00271. The lowest BCUT2D eigenvalue weighted by atomic mass is 10.1. The zero-order valence-corrected chi connectivity index (χ0v) is 13.9. The van der Waals surface area contributed by atoms with Gasteiger partial charge in [-0.2, -0.15) is 0 Å².